The maximum atomic E-state index is 6.19. The molecule has 0 unspecified atom stereocenters. The zero-order valence-corrected chi connectivity index (χ0v) is 9.98. The fraction of sp³-hybridized carbons (Fsp3) is 0.538. The Bertz CT molecular complexity index is 331. The molecule has 0 aromatic heterocycles. The molecule has 0 atom stereocenters. The van der Waals surface area contributed by atoms with Crippen molar-refractivity contribution in [1.29, 1.82) is 0 Å². The zero-order valence-electron chi connectivity index (χ0n) is 9.22. The Morgan fingerprint density at radius 3 is 2.60 bits per heavy atom. The molecule has 15 heavy (non-hydrogen) atoms. The van der Waals surface area contributed by atoms with Gasteiger partial charge in [-0.05, 0) is 43.4 Å². The molecule has 1 N–H and O–H groups in total. The Kier molecular flexibility index (Phi) is 3.32. The predicted molar refractivity (Wildman–Crippen MR) is 65.4 cm³/mol. The van der Waals surface area contributed by atoms with Crippen molar-refractivity contribution in [1.82, 2.24) is 5.32 Å². The van der Waals surface area contributed by atoms with Crippen LogP contribution in [-0.4, -0.2) is 13.6 Å². The van der Waals surface area contributed by atoms with E-state index in [9.17, 15) is 0 Å². The zero-order chi connectivity index (χ0) is 10.7. The smallest absolute Gasteiger partial charge is 0.0438 e. The van der Waals surface area contributed by atoms with E-state index in [2.05, 4.69) is 17.4 Å². The first-order chi connectivity index (χ1) is 7.26. The molecular formula is C13H18ClN. The minimum Gasteiger partial charge on any atom is -0.319 e. The lowest BCUT2D eigenvalue weighted by molar-refractivity contribution is 0.133. The summed E-state index contributed by atoms with van der Waals surface area (Å²) in [6.07, 6.45) is 5.15. The summed E-state index contributed by atoms with van der Waals surface area (Å²) in [7, 11) is 2.03. The average Bonchev–Trinajstić information content (AvgIpc) is 2.18. The summed E-state index contributed by atoms with van der Waals surface area (Å²) >= 11 is 6.19. The molecule has 0 saturated heterocycles. The van der Waals surface area contributed by atoms with E-state index in [1.165, 1.54) is 24.8 Å². The molecule has 0 bridgehead atoms. The van der Waals surface area contributed by atoms with Gasteiger partial charge in [0.15, 0.2) is 0 Å². The standard InChI is InChI=1S/C13H18ClN/c1-15-10-13(7-4-8-13)9-11-5-2-3-6-12(11)14/h2-3,5-6,15H,4,7-10H2,1H3. The van der Waals surface area contributed by atoms with Gasteiger partial charge in [-0.15, -0.1) is 0 Å². The molecular weight excluding hydrogens is 206 g/mol. The third kappa shape index (κ3) is 2.35. The van der Waals surface area contributed by atoms with Crippen molar-refractivity contribution in [3.05, 3.63) is 34.9 Å². The first-order valence-corrected chi connectivity index (χ1v) is 6.02. The lowest BCUT2D eigenvalue weighted by Crippen LogP contribution is -2.40. The summed E-state index contributed by atoms with van der Waals surface area (Å²) in [5, 5.41) is 4.22. The van der Waals surface area contributed by atoms with E-state index in [1.54, 1.807) is 0 Å². The van der Waals surface area contributed by atoms with Gasteiger partial charge in [0.05, 0.1) is 0 Å². The molecule has 0 amide bonds. The molecule has 0 aliphatic heterocycles. The Labute approximate surface area is 96.8 Å². The molecule has 1 aliphatic carbocycles. The summed E-state index contributed by atoms with van der Waals surface area (Å²) < 4.78 is 0. The molecule has 1 aliphatic rings. The van der Waals surface area contributed by atoms with Gasteiger partial charge in [0, 0.05) is 11.6 Å². The van der Waals surface area contributed by atoms with E-state index < -0.39 is 0 Å². The van der Waals surface area contributed by atoms with E-state index in [0.29, 0.717) is 5.41 Å². The molecule has 0 radical (unpaired) electrons. The summed E-state index contributed by atoms with van der Waals surface area (Å²) in [5.74, 6) is 0. The maximum Gasteiger partial charge on any atom is 0.0438 e. The van der Waals surface area contributed by atoms with Gasteiger partial charge in [0.2, 0.25) is 0 Å². The van der Waals surface area contributed by atoms with Crippen molar-refractivity contribution in [3.63, 3.8) is 0 Å². The summed E-state index contributed by atoms with van der Waals surface area (Å²) in [4.78, 5) is 0. The number of nitrogens with one attached hydrogen (secondary N) is 1. The van der Waals surface area contributed by atoms with Crippen LogP contribution < -0.4 is 5.32 Å². The third-order valence-electron chi connectivity index (χ3n) is 3.49. The summed E-state index contributed by atoms with van der Waals surface area (Å²) in [5.41, 5.74) is 1.77. The normalized spacial score (nSPS) is 18.5. The maximum absolute atomic E-state index is 6.19. The number of halogens is 1. The topological polar surface area (TPSA) is 12.0 Å². The fourth-order valence-electron chi connectivity index (χ4n) is 2.51. The summed E-state index contributed by atoms with van der Waals surface area (Å²) in [6, 6.07) is 8.21. The second-order valence-corrected chi connectivity index (χ2v) is 5.06. The minimum absolute atomic E-state index is 0.472. The van der Waals surface area contributed by atoms with Crippen LogP contribution in [0.5, 0.6) is 0 Å². The molecule has 0 spiro atoms. The van der Waals surface area contributed by atoms with Gasteiger partial charge in [-0.25, -0.2) is 0 Å². The Hall–Kier alpha value is -0.530. The molecule has 2 heteroatoms. The van der Waals surface area contributed by atoms with Crippen molar-refractivity contribution in [2.75, 3.05) is 13.6 Å². The van der Waals surface area contributed by atoms with Crippen molar-refractivity contribution in [2.24, 2.45) is 5.41 Å². The second-order valence-electron chi connectivity index (χ2n) is 4.65. The Morgan fingerprint density at radius 1 is 1.33 bits per heavy atom. The van der Waals surface area contributed by atoms with E-state index in [0.717, 1.165) is 18.0 Å². The third-order valence-corrected chi connectivity index (χ3v) is 3.86. The molecule has 1 fully saturated rings. The first-order valence-electron chi connectivity index (χ1n) is 5.64. The van der Waals surface area contributed by atoms with Gasteiger partial charge in [0.25, 0.3) is 0 Å². The van der Waals surface area contributed by atoms with Crippen LogP contribution in [0.1, 0.15) is 24.8 Å². The van der Waals surface area contributed by atoms with Crippen molar-refractivity contribution < 1.29 is 0 Å². The molecule has 1 aromatic carbocycles. The molecule has 1 nitrogen and oxygen atoms in total. The van der Waals surface area contributed by atoms with E-state index in [-0.39, 0.29) is 0 Å². The van der Waals surface area contributed by atoms with Crippen LogP contribution >= 0.6 is 11.6 Å². The monoisotopic (exact) mass is 223 g/mol. The SMILES string of the molecule is CNCC1(Cc2ccccc2Cl)CCC1. The van der Waals surface area contributed by atoms with Gasteiger partial charge in [-0.3, -0.25) is 0 Å². The minimum atomic E-state index is 0.472. The summed E-state index contributed by atoms with van der Waals surface area (Å²) in [6.45, 7) is 1.11. The predicted octanol–water partition coefficient (Wildman–Crippen LogP) is 3.27. The van der Waals surface area contributed by atoms with Crippen LogP contribution in [0.4, 0.5) is 0 Å². The van der Waals surface area contributed by atoms with Crippen LogP contribution in [0.3, 0.4) is 0 Å². The lowest BCUT2D eigenvalue weighted by Gasteiger charge is -2.42. The van der Waals surface area contributed by atoms with E-state index >= 15 is 0 Å². The van der Waals surface area contributed by atoms with Crippen LogP contribution in [-0.2, 0) is 6.42 Å². The number of hydrogen-bond acceptors (Lipinski definition) is 1. The largest absolute Gasteiger partial charge is 0.319 e. The van der Waals surface area contributed by atoms with Crippen LogP contribution in [0.15, 0.2) is 24.3 Å². The highest BCUT2D eigenvalue weighted by atomic mass is 35.5. The van der Waals surface area contributed by atoms with Gasteiger partial charge in [0.1, 0.15) is 0 Å². The molecule has 1 aromatic rings. The van der Waals surface area contributed by atoms with Crippen LogP contribution in [0.25, 0.3) is 0 Å². The highest BCUT2D eigenvalue weighted by Gasteiger charge is 2.36. The number of rotatable bonds is 4. The van der Waals surface area contributed by atoms with Gasteiger partial charge in [-0.1, -0.05) is 36.2 Å². The van der Waals surface area contributed by atoms with Crippen molar-refractivity contribution >= 4 is 11.6 Å². The van der Waals surface area contributed by atoms with Crippen molar-refractivity contribution in [3.8, 4) is 0 Å². The quantitative estimate of drug-likeness (QED) is 0.826. The van der Waals surface area contributed by atoms with Crippen LogP contribution in [0.2, 0.25) is 5.02 Å². The molecule has 2 rings (SSSR count). The fourth-order valence-corrected chi connectivity index (χ4v) is 2.72. The molecule has 0 heterocycles. The van der Waals surface area contributed by atoms with Gasteiger partial charge >= 0.3 is 0 Å². The molecule has 1 saturated carbocycles. The van der Waals surface area contributed by atoms with Crippen LogP contribution in [0, 0.1) is 5.41 Å². The van der Waals surface area contributed by atoms with E-state index in [1.807, 2.05) is 19.2 Å². The second kappa shape index (κ2) is 4.54. The van der Waals surface area contributed by atoms with Gasteiger partial charge in [-0.2, -0.15) is 0 Å². The average molecular weight is 224 g/mol. The highest BCUT2D eigenvalue weighted by Crippen LogP contribution is 2.43. The van der Waals surface area contributed by atoms with Crippen molar-refractivity contribution in [2.45, 2.75) is 25.7 Å². The number of benzene rings is 1. The molecule has 82 valence electrons. The Morgan fingerprint density at radius 2 is 2.07 bits per heavy atom. The Balaban J connectivity index is 2.10. The lowest BCUT2D eigenvalue weighted by atomic mass is 9.65. The van der Waals surface area contributed by atoms with Gasteiger partial charge < -0.3 is 5.32 Å². The van der Waals surface area contributed by atoms with E-state index in [4.69, 9.17) is 11.6 Å². The number of hydrogen-bond donors (Lipinski definition) is 1. The first kappa shape index (κ1) is 11.0. The highest BCUT2D eigenvalue weighted by molar-refractivity contribution is 6.31.